The van der Waals surface area contributed by atoms with Crippen molar-refractivity contribution >= 4 is 54.8 Å². The number of nitrogens with one attached hydrogen (secondary N) is 1. The van der Waals surface area contributed by atoms with E-state index in [9.17, 15) is 13.2 Å². The van der Waals surface area contributed by atoms with Gasteiger partial charge in [-0.25, -0.2) is 22.9 Å². The summed E-state index contributed by atoms with van der Waals surface area (Å²) in [5.41, 5.74) is 1.15. The van der Waals surface area contributed by atoms with Crippen LogP contribution in [0.2, 0.25) is 0 Å². The molecule has 4 aromatic rings. The van der Waals surface area contributed by atoms with Gasteiger partial charge in [0.05, 0.1) is 22.9 Å². The number of aromatic nitrogens is 1. The van der Waals surface area contributed by atoms with Crippen molar-refractivity contribution in [2.75, 3.05) is 11.8 Å². The van der Waals surface area contributed by atoms with Gasteiger partial charge in [-0.1, -0.05) is 18.2 Å². The second-order valence-electron chi connectivity index (χ2n) is 5.75. The Morgan fingerprint density at radius 3 is 2.68 bits per heavy atom. The molecule has 1 N–H and O–H groups in total. The Kier molecular flexibility index (Phi) is 4.69. The number of furan rings is 1. The number of rotatable bonds is 5. The van der Waals surface area contributed by atoms with Crippen molar-refractivity contribution in [2.45, 2.75) is 11.1 Å². The van der Waals surface area contributed by atoms with Crippen LogP contribution in [0.4, 0.5) is 5.88 Å². The Morgan fingerprint density at radius 1 is 1.21 bits per heavy atom. The molecule has 3 heterocycles. The number of fused-ring (bicyclic) bond motifs is 1. The number of nitrogens with zero attached hydrogens (tertiary/aromatic N) is 1. The van der Waals surface area contributed by atoms with E-state index in [0.29, 0.717) is 5.01 Å². The Bertz CT molecular complexity index is 1240. The number of benzene rings is 1. The van der Waals surface area contributed by atoms with Gasteiger partial charge in [-0.3, -0.25) is 0 Å². The number of anilines is 1. The second kappa shape index (κ2) is 7.04. The summed E-state index contributed by atoms with van der Waals surface area (Å²) in [5, 5.41) is 2.12. The van der Waals surface area contributed by atoms with Gasteiger partial charge in [0.25, 0.3) is 10.0 Å². The summed E-state index contributed by atoms with van der Waals surface area (Å²) in [4.78, 5) is 16.9. The number of sulfonamides is 1. The van der Waals surface area contributed by atoms with Gasteiger partial charge < -0.3 is 9.15 Å². The lowest BCUT2D eigenvalue weighted by atomic mass is 10.1. The van der Waals surface area contributed by atoms with E-state index in [-0.39, 0.29) is 27.0 Å². The molecular formula is C18H14N2O5S3. The van der Waals surface area contributed by atoms with Crippen LogP contribution in [0, 0.1) is 6.92 Å². The molecule has 0 aliphatic heterocycles. The molecule has 0 atom stereocenters. The van der Waals surface area contributed by atoms with Crippen molar-refractivity contribution < 1.29 is 22.4 Å². The maximum Gasteiger partial charge on any atom is 0.342 e. The number of carbonyl (C=O) groups excluding carboxylic acids is 1. The van der Waals surface area contributed by atoms with Gasteiger partial charge in [0.2, 0.25) is 5.88 Å². The lowest BCUT2D eigenvalue weighted by Crippen LogP contribution is -2.12. The number of methoxy groups -OCH3 is 1. The zero-order valence-corrected chi connectivity index (χ0v) is 17.2. The van der Waals surface area contributed by atoms with E-state index in [1.54, 1.807) is 18.4 Å². The lowest BCUT2D eigenvalue weighted by molar-refractivity contribution is 0.0599. The number of hydrogen-bond acceptors (Lipinski definition) is 8. The number of ether oxygens (including phenoxy) is 1. The number of carbonyl (C=O) groups is 1. The van der Waals surface area contributed by atoms with E-state index in [2.05, 4.69) is 9.71 Å². The predicted molar refractivity (Wildman–Crippen MR) is 109 cm³/mol. The molecule has 0 aliphatic rings. The highest BCUT2D eigenvalue weighted by Gasteiger charge is 2.30. The van der Waals surface area contributed by atoms with Crippen molar-refractivity contribution in [3.05, 3.63) is 53.1 Å². The van der Waals surface area contributed by atoms with Crippen LogP contribution in [-0.4, -0.2) is 26.5 Å². The van der Waals surface area contributed by atoms with Crippen LogP contribution in [0.25, 0.3) is 20.8 Å². The minimum absolute atomic E-state index is 0.0645. The van der Waals surface area contributed by atoms with Crippen molar-refractivity contribution in [1.29, 1.82) is 0 Å². The first-order chi connectivity index (χ1) is 13.4. The fraction of sp³-hybridized carbons (Fsp3) is 0.111. The number of thiazole rings is 1. The third-order valence-electron chi connectivity index (χ3n) is 3.97. The molecule has 7 nitrogen and oxygen atoms in total. The molecule has 0 spiro atoms. The lowest BCUT2D eigenvalue weighted by Gasteiger charge is -2.05. The van der Waals surface area contributed by atoms with Gasteiger partial charge in [-0.2, -0.15) is 0 Å². The summed E-state index contributed by atoms with van der Waals surface area (Å²) < 4.78 is 39.4. The Morgan fingerprint density at radius 2 is 2.00 bits per heavy atom. The standard InChI is InChI=1S/C18H14N2O5S3/c1-10-14(18(21)24-2)15(17-19-11-6-3-4-7-12(11)27-17)16(25-10)20-28(22,23)13-8-5-9-26-13/h3-9,20H,1-2H3. The second-order valence-corrected chi connectivity index (χ2v) is 9.64. The molecule has 144 valence electrons. The predicted octanol–water partition coefficient (Wildman–Crippen LogP) is 4.51. The largest absolute Gasteiger partial charge is 0.465 e. The average molecular weight is 435 g/mol. The molecule has 0 saturated carbocycles. The van der Waals surface area contributed by atoms with E-state index in [1.165, 1.54) is 24.5 Å². The van der Waals surface area contributed by atoms with Crippen LogP contribution in [0.1, 0.15) is 16.1 Å². The quantitative estimate of drug-likeness (QED) is 0.464. The van der Waals surface area contributed by atoms with Crippen LogP contribution < -0.4 is 4.72 Å². The summed E-state index contributed by atoms with van der Waals surface area (Å²) in [6.07, 6.45) is 0. The van der Waals surface area contributed by atoms with E-state index < -0.39 is 16.0 Å². The maximum atomic E-state index is 12.7. The van der Waals surface area contributed by atoms with Gasteiger partial charge in [0.15, 0.2) is 0 Å². The molecule has 1 aromatic carbocycles. The van der Waals surface area contributed by atoms with E-state index in [0.717, 1.165) is 21.6 Å². The number of para-hydroxylation sites is 1. The van der Waals surface area contributed by atoms with Crippen LogP contribution in [0.3, 0.4) is 0 Å². The van der Waals surface area contributed by atoms with E-state index in [1.807, 2.05) is 24.3 Å². The molecule has 0 radical (unpaired) electrons. The molecule has 0 bridgehead atoms. The first-order valence-electron chi connectivity index (χ1n) is 8.04. The minimum atomic E-state index is -3.87. The number of hydrogen-bond donors (Lipinski definition) is 1. The number of esters is 1. The summed E-state index contributed by atoms with van der Waals surface area (Å²) in [5.74, 6) is -0.451. The summed E-state index contributed by atoms with van der Waals surface area (Å²) >= 11 is 2.41. The average Bonchev–Trinajstić information content (AvgIpc) is 3.39. The Hall–Kier alpha value is -2.69. The summed E-state index contributed by atoms with van der Waals surface area (Å²) in [6.45, 7) is 1.58. The smallest absolute Gasteiger partial charge is 0.342 e. The summed E-state index contributed by atoms with van der Waals surface area (Å²) in [7, 11) is -2.61. The molecule has 4 rings (SSSR count). The molecule has 0 amide bonds. The molecule has 0 unspecified atom stereocenters. The van der Waals surface area contributed by atoms with Gasteiger partial charge in [0.1, 0.15) is 20.5 Å². The maximum absolute atomic E-state index is 12.7. The van der Waals surface area contributed by atoms with Crippen LogP contribution in [0.15, 0.2) is 50.4 Å². The number of thiophene rings is 1. The zero-order valence-electron chi connectivity index (χ0n) is 14.8. The van der Waals surface area contributed by atoms with Gasteiger partial charge in [-0.05, 0) is 30.5 Å². The van der Waals surface area contributed by atoms with Gasteiger partial charge in [0, 0.05) is 0 Å². The molecule has 28 heavy (non-hydrogen) atoms. The first kappa shape index (κ1) is 18.7. The Balaban J connectivity index is 1.91. The topological polar surface area (TPSA) is 98.5 Å². The van der Waals surface area contributed by atoms with E-state index in [4.69, 9.17) is 9.15 Å². The molecular weight excluding hydrogens is 420 g/mol. The minimum Gasteiger partial charge on any atom is -0.465 e. The fourth-order valence-electron chi connectivity index (χ4n) is 2.74. The third-order valence-corrected chi connectivity index (χ3v) is 7.75. The highest BCUT2D eigenvalue weighted by Crippen LogP contribution is 2.41. The normalized spacial score (nSPS) is 11.6. The molecule has 0 fully saturated rings. The van der Waals surface area contributed by atoms with Crippen molar-refractivity contribution in [2.24, 2.45) is 0 Å². The van der Waals surface area contributed by atoms with Crippen molar-refractivity contribution in [1.82, 2.24) is 4.98 Å². The third kappa shape index (κ3) is 3.19. The van der Waals surface area contributed by atoms with Crippen LogP contribution in [0.5, 0.6) is 0 Å². The monoisotopic (exact) mass is 434 g/mol. The summed E-state index contributed by atoms with van der Waals surface area (Å²) in [6, 6.07) is 10.6. The number of aryl methyl sites for hydroxylation is 1. The van der Waals surface area contributed by atoms with Crippen LogP contribution in [-0.2, 0) is 14.8 Å². The van der Waals surface area contributed by atoms with Gasteiger partial charge in [-0.15, -0.1) is 22.7 Å². The Labute approximate surface area is 168 Å². The highest BCUT2D eigenvalue weighted by atomic mass is 32.2. The SMILES string of the molecule is COC(=O)c1c(C)oc(NS(=O)(=O)c2cccs2)c1-c1nc2ccccc2s1. The van der Waals surface area contributed by atoms with Crippen molar-refractivity contribution in [3.63, 3.8) is 0 Å². The van der Waals surface area contributed by atoms with Gasteiger partial charge >= 0.3 is 5.97 Å². The zero-order chi connectivity index (χ0) is 19.9. The molecule has 0 aliphatic carbocycles. The molecule has 0 saturated heterocycles. The first-order valence-corrected chi connectivity index (χ1v) is 11.2. The van der Waals surface area contributed by atoms with E-state index >= 15 is 0 Å². The fourth-order valence-corrected chi connectivity index (χ4v) is 5.74. The van der Waals surface area contributed by atoms with Crippen LogP contribution >= 0.6 is 22.7 Å². The molecule has 10 heteroatoms. The molecule has 3 aromatic heterocycles. The van der Waals surface area contributed by atoms with Crippen molar-refractivity contribution in [3.8, 4) is 10.6 Å². The highest BCUT2D eigenvalue weighted by molar-refractivity contribution is 7.94.